The molecular weight excluding hydrogens is 669 g/mol. The number of hydrogen-bond acceptors (Lipinski definition) is 2. The first-order valence-corrected chi connectivity index (χ1v) is 20.0. The minimum Gasteiger partial charge on any atom is -0.458 e. The van der Waals surface area contributed by atoms with Gasteiger partial charge in [-0.1, -0.05) is 131 Å². The molecule has 0 atom stereocenters. The first kappa shape index (κ1) is 34.3. The van der Waals surface area contributed by atoms with E-state index in [1.807, 2.05) is 0 Å². The Kier molecular flexibility index (Phi) is 6.84. The van der Waals surface area contributed by atoms with Gasteiger partial charge >= 0.3 is 0 Å². The van der Waals surface area contributed by atoms with Gasteiger partial charge in [0.05, 0.1) is 16.7 Å². The Morgan fingerprint density at radius 2 is 1.11 bits per heavy atom. The first-order chi connectivity index (χ1) is 25.9. The number of aromatic nitrogens is 1. The van der Waals surface area contributed by atoms with Crippen molar-refractivity contribution in [3.05, 3.63) is 131 Å². The lowest BCUT2D eigenvalue weighted by molar-refractivity contribution is 0.454. The van der Waals surface area contributed by atoms with Crippen LogP contribution < -0.4 is 25.9 Å². The summed E-state index contributed by atoms with van der Waals surface area (Å²) >= 11 is 0. The molecule has 7 aromatic rings. The highest BCUT2D eigenvalue weighted by Crippen LogP contribution is 2.56. The van der Waals surface area contributed by atoms with Crippen LogP contribution in [0.15, 0.2) is 103 Å². The molecule has 0 N–H and O–H groups in total. The van der Waals surface area contributed by atoms with Crippen LogP contribution in [0.5, 0.6) is 23.0 Å². The molecule has 3 heterocycles. The van der Waals surface area contributed by atoms with Crippen molar-refractivity contribution in [2.45, 2.75) is 97.8 Å². The van der Waals surface area contributed by atoms with E-state index in [0.717, 1.165) is 28.5 Å². The third kappa shape index (κ3) is 4.82. The normalized spacial score (nSPS) is 15.2. The zero-order chi connectivity index (χ0) is 38.6. The van der Waals surface area contributed by atoms with Crippen LogP contribution in [0.25, 0.3) is 38.6 Å². The number of hydrogen-bond donors (Lipinski definition) is 0. The molecule has 6 aromatic carbocycles. The van der Waals surface area contributed by atoms with E-state index in [1.54, 1.807) is 0 Å². The molecule has 0 bridgehead atoms. The summed E-state index contributed by atoms with van der Waals surface area (Å²) in [6.45, 7) is 25.4. The molecule has 10 rings (SSSR count). The fourth-order valence-corrected chi connectivity index (χ4v) is 9.66. The highest BCUT2D eigenvalue weighted by atomic mass is 16.5. The lowest BCUT2D eigenvalue weighted by Crippen LogP contribution is -2.58. The Hall–Kier alpha value is -5.22. The molecule has 3 nitrogen and oxygen atoms in total. The molecule has 0 spiro atoms. The van der Waals surface area contributed by atoms with E-state index in [-0.39, 0.29) is 28.4 Å². The quantitative estimate of drug-likeness (QED) is 0.158. The van der Waals surface area contributed by atoms with Crippen molar-refractivity contribution in [1.29, 1.82) is 0 Å². The molecule has 4 heteroatoms. The van der Waals surface area contributed by atoms with Crippen LogP contribution in [0.3, 0.4) is 0 Å². The van der Waals surface area contributed by atoms with Crippen LogP contribution >= 0.6 is 0 Å². The number of nitrogens with zero attached hydrogens (tertiary/aromatic N) is 1. The van der Waals surface area contributed by atoms with Crippen LogP contribution in [-0.2, 0) is 21.7 Å². The van der Waals surface area contributed by atoms with Gasteiger partial charge in [0.1, 0.15) is 23.0 Å². The minimum atomic E-state index is -0.306. The number of fused-ring (bicyclic) bond motifs is 11. The van der Waals surface area contributed by atoms with E-state index in [0.29, 0.717) is 0 Å². The van der Waals surface area contributed by atoms with Crippen molar-refractivity contribution < 1.29 is 9.47 Å². The van der Waals surface area contributed by atoms with Crippen LogP contribution in [0.2, 0.25) is 0 Å². The molecule has 55 heavy (non-hydrogen) atoms. The first-order valence-electron chi connectivity index (χ1n) is 20.0. The van der Waals surface area contributed by atoms with Crippen LogP contribution in [-0.4, -0.2) is 11.3 Å². The smallest absolute Gasteiger partial charge is 0.260 e. The Bertz CT molecular complexity index is 2730. The summed E-state index contributed by atoms with van der Waals surface area (Å²) in [6, 6.07) is 38.9. The van der Waals surface area contributed by atoms with Gasteiger partial charge in [0, 0.05) is 32.8 Å². The maximum absolute atomic E-state index is 7.21. The third-order valence-electron chi connectivity index (χ3n) is 12.8. The third-order valence-corrected chi connectivity index (χ3v) is 12.8. The Labute approximate surface area is 326 Å². The van der Waals surface area contributed by atoms with E-state index in [9.17, 15) is 0 Å². The van der Waals surface area contributed by atoms with Crippen LogP contribution in [0, 0.1) is 0 Å². The second-order valence-electron chi connectivity index (χ2n) is 19.8. The van der Waals surface area contributed by atoms with Crippen molar-refractivity contribution in [1.82, 2.24) is 4.57 Å². The van der Waals surface area contributed by atoms with Gasteiger partial charge < -0.3 is 14.0 Å². The molecule has 0 saturated carbocycles. The molecular formula is C51H50BNO2. The standard InChI is InChI=1S/C51H50BNO2/c1-48(2,3)29-19-22-38-33(25-29)34-26-30(49(4,5)6)20-23-39(34)53(38)40-28-37-47(45-44(40)32-15-12-13-16-35(32)51(45,10)11)55-43-18-14-17-42-46(43)52(37)36-27-31(50(7,8)9)21-24-41(36)54-42/h12-28H,1-11H3. The van der Waals surface area contributed by atoms with Gasteiger partial charge in [-0.05, 0) is 104 Å². The maximum atomic E-state index is 7.21. The van der Waals surface area contributed by atoms with E-state index in [4.69, 9.17) is 9.47 Å². The average Bonchev–Trinajstić information content (AvgIpc) is 3.58. The van der Waals surface area contributed by atoms with Gasteiger partial charge in [-0.3, -0.25) is 0 Å². The predicted molar refractivity (Wildman–Crippen MR) is 232 cm³/mol. The predicted octanol–water partition coefficient (Wildman–Crippen LogP) is 11.7. The fraction of sp³-hybridized carbons (Fsp3) is 0.294. The number of rotatable bonds is 1. The lowest BCUT2D eigenvalue weighted by atomic mass is 9.34. The minimum absolute atomic E-state index is 0.0175. The summed E-state index contributed by atoms with van der Waals surface area (Å²) in [6.07, 6.45) is 0. The van der Waals surface area contributed by atoms with Gasteiger partial charge in [0.25, 0.3) is 6.71 Å². The van der Waals surface area contributed by atoms with Gasteiger partial charge in [-0.15, -0.1) is 0 Å². The summed E-state index contributed by atoms with van der Waals surface area (Å²) in [5.41, 5.74) is 16.0. The number of ether oxygens (including phenoxy) is 2. The Balaban J connectivity index is 1.36. The van der Waals surface area contributed by atoms with E-state index < -0.39 is 0 Å². The highest BCUT2D eigenvalue weighted by molar-refractivity contribution is 6.98. The number of benzene rings is 6. The molecule has 0 radical (unpaired) electrons. The molecule has 274 valence electrons. The molecule has 0 fully saturated rings. The summed E-state index contributed by atoms with van der Waals surface area (Å²) in [5, 5.41) is 2.58. The van der Waals surface area contributed by atoms with Gasteiger partial charge in [-0.25, -0.2) is 0 Å². The van der Waals surface area contributed by atoms with E-state index in [1.165, 1.54) is 77.4 Å². The molecule has 0 amide bonds. The fourth-order valence-electron chi connectivity index (χ4n) is 9.66. The van der Waals surface area contributed by atoms with Gasteiger partial charge in [0.2, 0.25) is 0 Å². The second kappa shape index (κ2) is 11.0. The molecule has 2 aliphatic heterocycles. The summed E-state index contributed by atoms with van der Waals surface area (Å²) in [4.78, 5) is 0. The summed E-state index contributed by atoms with van der Waals surface area (Å²) in [5.74, 6) is 3.65. The topological polar surface area (TPSA) is 23.4 Å². The zero-order valence-electron chi connectivity index (χ0n) is 34.2. The van der Waals surface area contributed by atoms with Crippen molar-refractivity contribution in [3.63, 3.8) is 0 Å². The molecule has 1 aliphatic carbocycles. The lowest BCUT2D eigenvalue weighted by Gasteiger charge is -2.36. The Morgan fingerprint density at radius 1 is 0.545 bits per heavy atom. The molecule has 0 unspecified atom stereocenters. The maximum Gasteiger partial charge on any atom is 0.260 e. The van der Waals surface area contributed by atoms with Crippen molar-refractivity contribution in [2.75, 3.05) is 0 Å². The zero-order valence-corrected chi connectivity index (χ0v) is 34.2. The Morgan fingerprint density at radius 3 is 1.73 bits per heavy atom. The van der Waals surface area contributed by atoms with E-state index >= 15 is 0 Å². The molecule has 1 aromatic heterocycles. The summed E-state index contributed by atoms with van der Waals surface area (Å²) in [7, 11) is 0. The van der Waals surface area contributed by atoms with E-state index in [2.05, 4.69) is 184 Å². The molecule has 3 aliphatic rings. The largest absolute Gasteiger partial charge is 0.458 e. The van der Waals surface area contributed by atoms with Crippen LogP contribution in [0.1, 0.15) is 104 Å². The van der Waals surface area contributed by atoms with Crippen molar-refractivity contribution in [2.24, 2.45) is 0 Å². The monoisotopic (exact) mass is 719 g/mol. The second-order valence-corrected chi connectivity index (χ2v) is 19.8. The van der Waals surface area contributed by atoms with Gasteiger partial charge in [0.15, 0.2) is 0 Å². The highest BCUT2D eigenvalue weighted by Gasteiger charge is 2.47. The van der Waals surface area contributed by atoms with Crippen molar-refractivity contribution >= 4 is 44.9 Å². The molecule has 0 saturated heterocycles. The van der Waals surface area contributed by atoms with Crippen molar-refractivity contribution in [3.8, 4) is 39.8 Å². The van der Waals surface area contributed by atoms with Crippen LogP contribution in [0.4, 0.5) is 0 Å². The average molecular weight is 720 g/mol. The van der Waals surface area contributed by atoms with Gasteiger partial charge in [-0.2, -0.15) is 0 Å². The summed E-state index contributed by atoms with van der Waals surface area (Å²) < 4.78 is 16.5. The SMILES string of the molecule is CC(C)(C)c1ccc2c(c1)B1c3cc(-n4c5ccc(C(C)(C)C)cc5c5cc(C(C)(C)C)ccc54)c4c(c3Oc3cccc(c31)O2)C(C)(C)c1ccccc1-4.